The van der Waals surface area contributed by atoms with E-state index in [1.165, 1.54) is 15.6 Å². The number of hydrogen-bond donors (Lipinski definition) is 1. The molecule has 0 unspecified atom stereocenters. The number of carbonyl (C=O) groups excluding carboxylic acids is 2. The van der Waals surface area contributed by atoms with E-state index in [1.807, 2.05) is 0 Å². The molecule has 3 rings (SSSR count). The van der Waals surface area contributed by atoms with Crippen LogP contribution in [0.15, 0.2) is 21.7 Å². The van der Waals surface area contributed by atoms with E-state index in [1.54, 1.807) is 22.4 Å². The third-order valence-corrected chi connectivity index (χ3v) is 8.37. The molecule has 3 heterocycles. The van der Waals surface area contributed by atoms with Gasteiger partial charge in [0.1, 0.15) is 4.21 Å². The molecular weight excluding hydrogens is 362 g/mol. The Hall–Kier alpha value is -1.45. The SMILES string of the molecule is NC(=O)C1CCN(C(=O)C2CCN(S(=O)(=O)c3cccs3)CC2)CC1. The van der Waals surface area contributed by atoms with Crippen molar-refractivity contribution in [3.8, 4) is 0 Å². The predicted molar refractivity (Wildman–Crippen MR) is 94.3 cm³/mol. The predicted octanol–water partition coefficient (Wildman–Crippen LogP) is 0.873. The number of rotatable bonds is 4. The average Bonchev–Trinajstić information content (AvgIpc) is 3.17. The molecule has 2 amide bonds. The summed E-state index contributed by atoms with van der Waals surface area (Å²) >= 11 is 1.21. The van der Waals surface area contributed by atoms with Gasteiger partial charge in [0.15, 0.2) is 0 Å². The monoisotopic (exact) mass is 385 g/mol. The first-order valence-electron chi connectivity index (χ1n) is 8.51. The maximum Gasteiger partial charge on any atom is 0.252 e. The second kappa shape index (κ2) is 7.43. The third kappa shape index (κ3) is 3.88. The van der Waals surface area contributed by atoms with Crippen molar-refractivity contribution in [3.05, 3.63) is 17.5 Å². The Balaban J connectivity index is 1.54. The van der Waals surface area contributed by atoms with Crippen LogP contribution in [0.3, 0.4) is 0 Å². The first-order valence-corrected chi connectivity index (χ1v) is 10.8. The summed E-state index contributed by atoms with van der Waals surface area (Å²) in [6.45, 7) is 1.85. The number of thiophene rings is 1. The smallest absolute Gasteiger partial charge is 0.252 e. The van der Waals surface area contributed by atoms with Crippen molar-refractivity contribution in [2.75, 3.05) is 26.2 Å². The van der Waals surface area contributed by atoms with Crippen molar-refractivity contribution >= 4 is 33.2 Å². The van der Waals surface area contributed by atoms with Crippen molar-refractivity contribution in [1.29, 1.82) is 0 Å². The van der Waals surface area contributed by atoms with Crippen LogP contribution in [0.1, 0.15) is 25.7 Å². The van der Waals surface area contributed by atoms with Crippen LogP contribution in [0.25, 0.3) is 0 Å². The molecule has 0 radical (unpaired) electrons. The maximum absolute atomic E-state index is 12.7. The molecule has 2 aliphatic heterocycles. The fourth-order valence-electron chi connectivity index (χ4n) is 3.52. The highest BCUT2D eigenvalue weighted by Crippen LogP contribution is 2.28. The van der Waals surface area contributed by atoms with Gasteiger partial charge in [0, 0.05) is 38.0 Å². The summed E-state index contributed by atoms with van der Waals surface area (Å²) in [6, 6.07) is 3.34. The van der Waals surface area contributed by atoms with Gasteiger partial charge in [0.05, 0.1) is 0 Å². The fraction of sp³-hybridized carbons (Fsp3) is 0.625. The molecular formula is C16H23N3O4S2. The Bertz CT molecular complexity index is 717. The lowest BCUT2D eigenvalue weighted by Crippen LogP contribution is -2.47. The minimum Gasteiger partial charge on any atom is -0.369 e. The molecule has 9 heteroatoms. The zero-order valence-electron chi connectivity index (χ0n) is 14.0. The van der Waals surface area contributed by atoms with Gasteiger partial charge in [-0.3, -0.25) is 9.59 Å². The lowest BCUT2D eigenvalue weighted by Gasteiger charge is -2.36. The van der Waals surface area contributed by atoms with Gasteiger partial charge in [-0.25, -0.2) is 8.42 Å². The van der Waals surface area contributed by atoms with E-state index in [4.69, 9.17) is 5.73 Å². The summed E-state index contributed by atoms with van der Waals surface area (Å²) < 4.78 is 26.9. The number of primary amides is 1. The largest absolute Gasteiger partial charge is 0.369 e. The highest BCUT2D eigenvalue weighted by Gasteiger charge is 2.35. The van der Waals surface area contributed by atoms with Crippen LogP contribution in [0.2, 0.25) is 0 Å². The van der Waals surface area contributed by atoms with Crippen LogP contribution >= 0.6 is 11.3 Å². The van der Waals surface area contributed by atoms with Crippen LogP contribution < -0.4 is 5.73 Å². The number of carbonyl (C=O) groups is 2. The average molecular weight is 386 g/mol. The van der Waals surface area contributed by atoms with Gasteiger partial charge in [0.2, 0.25) is 11.8 Å². The fourth-order valence-corrected chi connectivity index (χ4v) is 6.14. The summed E-state index contributed by atoms with van der Waals surface area (Å²) in [7, 11) is -3.43. The molecule has 0 aromatic carbocycles. The molecule has 0 spiro atoms. The molecule has 7 nitrogen and oxygen atoms in total. The molecule has 2 N–H and O–H groups in total. The number of nitrogens with two attached hydrogens (primary N) is 1. The van der Waals surface area contributed by atoms with Gasteiger partial charge >= 0.3 is 0 Å². The highest BCUT2D eigenvalue weighted by molar-refractivity contribution is 7.91. The minimum atomic E-state index is -3.43. The van der Waals surface area contributed by atoms with Crippen LogP contribution in [0.5, 0.6) is 0 Å². The molecule has 2 aliphatic rings. The molecule has 0 aliphatic carbocycles. The molecule has 0 atom stereocenters. The molecule has 0 saturated carbocycles. The lowest BCUT2D eigenvalue weighted by molar-refractivity contribution is -0.139. The van der Waals surface area contributed by atoms with E-state index in [9.17, 15) is 18.0 Å². The Morgan fingerprint density at radius 1 is 1.04 bits per heavy atom. The number of hydrogen-bond acceptors (Lipinski definition) is 5. The summed E-state index contributed by atoms with van der Waals surface area (Å²) in [4.78, 5) is 25.7. The van der Waals surface area contributed by atoms with Crippen molar-refractivity contribution in [3.63, 3.8) is 0 Å². The van der Waals surface area contributed by atoms with Crippen LogP contribution in [-0.4, -0.2) is 55.6 Å². The van der Waals surface area contributed by atoms with E-state index in [0.29, 0.717) is 56.1 Å². The van der Waals surface area contributed by atoms with E-state index in [2.05, 4.69) is 0 Å². The summed E-state index contributed by atoms with van der Waals surface area (Å²) in [5, 5.41) is 1.75. The van der Waals surface area contributed by atoms with Crippen LogP contribution in [-0.2, 0) is 19.6 Å². The van der Waals surface area contributed by atoms with E-state index in [-0.39, 0.29) is 23.7 Å². The first-order chi connectivity index (χ1) is 11.9. The normalized spacial score (nSPS) is 21.4. The summed E-state index contributed by atoms with van der Waals surface area (Å²) in [5.41, 5.74) is 5.32. The maximum atomic E-state index is 12.7. The topological polar surface area (TPSA) is 101 Å². The van der Waals surface area contributed by atoms with Crippen LogP contribution in [0, 0.1) is 11.8 Å². The number of piperidine rings is 2. The molecule has 2 fully saturated rings. The number of likely N-dealkylation sites (tertiary alicyclic amines) is 1. The second-order valence-electron chi connectivity index (χ2n) is 6.61. The van der Waals surface area contributed by atoms with E-state index < -0.39 is 10.0 Å². The zero-order valence-corrected chi connectivity index (χ0v) is 15.6. The van der Waals surface area contributed by atoms with Gasteiger partial charge in [-0.2, -0.15) is 4.31 Å². The summed E-state index contributed by atoms with van der Waals surface area (Å²) in [6.07, 6.45) is 2.32. The van der Waals surface area contributed by atoms with Gasteiger partial charge in [-0.1, -0.05) is 6.07 Å². The Morgan fingerprint density at radius 3 is 2.16 bits per heavy atom. The minimum absolute atomic E-state index is 0.0797. The van der Waals surface area contributed by atoms with Gasteiger partial charge in [-0.15, -0.1) is 11.3 Å². The molecule has 1 aromatic rings. The summed E-state index contributed by atoms with van der Waals surface area (Å²) in [5.74, 6) is -0.489. The van der Waals surface area contributed by atoms with Gasteiger partial charge in [0.25, 0.3) is 10.0 Å². The van der Waals surface area contributed by atoms with E-state index in [0.717, 1.165) is 0 Å². The van der Waals surface area contributed by atoms with Crippen molar-refractivity contribution < 1.29 is 18.0 Å². The molecule has 0 bridgehead atoms. The molecule has 2 saturated heterocycles. The second-order valence-corrected chi connectivity index (χ2v) is 9.72. The number of amides is 2. The molecule has 138 valence electrons. The Kier molecular flexibility index (Phi) is 5.45. The van der Waals surface area contributed by atoms with Crippen LogP contribution in [0.4, 0.5) is 0 Å². The van der Waals surface area contributed by atoms with Crippen molar-refractivity contribution in [2.45, 2.75) is 29.9 Å². The molecule has 25 heavy (non-hydrogen) atoms. The third-order valence-electron chi connectivity index (χ3n) is 5.10. The van der Waals surface area contributed by atoms with Gasteiger partial charge < -0.3 is 10.6 Å². The zero-order chi connectivity index (χ0) is 18.0. The standard InChI is InChI=1S/C16H23N3O4S2/c17-15(20)12-3-7-18(8-4-12)16(21)13-5-9-19(10-6-13)25(22,23)14-2-1-11-24-14/h1-2,11-13H,3-10H2,(H2,17,20). The van der Waals surface area contributed by atoms with Crippen molar-refractivity contribution in [1.82, 2.24) is 9.21 Å². The number of nitrogens with zero attached hydrogens (tertiary/aromatic N) is 2. The highest BCUT2D eigenvalue weighted by atomic mass is 32.2. The Labute approximate surface area is 151 Å². The Morgan fingerprint density at radius 2 is 1.64 bits per heavy atom. The van der Waals surface area contributed by atoms with E-state index >= 15 is 0 Å². The quantitative estimate of drug-likeness (QED) is 0.831. The van der Waals surface area contributed by atoms with Gasteiger partial charge in [-0.05, 0) is 37.1 Å². The van der Waals surface area contributed by atoms with Crippen molar-refractivity contribution in [2.24, 2.45) is 17.6 Å². The lowest BCUT2D eigenvalue weighted by atomic mass is 9.92. The number of sulfonamides is 1. The first kappa shape index (κ1) is 18.3. The molecule has 1 aromatic heterocycles.